The fourth-order valence-electron chi connectivity index (χ4n) is 1.51. The van der Waals surface area contributed by atoms with Crippen molar-refractivity contribution in [1.29, 1.82) is 0 Å². The third-order valence-corrected chi connectivity index (χ3v) is 2.75. The second kappa shape index (κ2) is 4.70. The molecule has 0 heterocycles. The Hall–Kier alpha value is -0.690. The van der Waals surface area contributed by atoms with Crippen molar-refractivity contribution in [2.24, 2.45) is 0 Å². The number of hydrogen-bond acceptors (Lipinski definition) is 1. The number of hydrogen-bond donors (Lipinski definition) is 0. The van der Waals surface area contributed by atoms with E-state index < -0.39 is 0 Å². The summed E-state index contributed by atoms with van der Waals surface area (Å²) in [7, 11) is 1.70. The van der Waals surface area contributed by atoms with Crippen LogP contribution in [0.25, 0.3) is 0 Å². The fraction of sp³-hybridized carbons (Fsp3) is 0.500. The Labute approximate surface area is 91.0 Å². The van der Waals surface area contributed by atoms with Crippen molar-refractivity contribution in [3.05, 3.63) is 28.3 Å². The predicted octanol–water partition coefficient (Wildman–Crippen LogP) is 4.03. The standard InChI is InChI=1S/C12H17ClO/c1-5-9-6-12(14-4)10(8(2)3)7-11(9)13/h6-8H,5H2,1-4H3. The molecular formula is C12H17ClO. The van der Waals surface area contributed by atoms with Crippen molar-refractivity contribution in [3.63, 3.8) is 0 Å². The van der Waals surface area contributed by atoms with E-state index in [1.54, 1.807) is 7.11 Å². The zero-order chi connectivity index (χ0) is 10.7. The van der Waals surface area contributed by atoms with Gasteiger partial charge in [0.05, 0.1) is 7.11 Å². The molecule has 1 aromatic rings. The fourth-order valence-corrected chi connectivity index (χ4v) is 1.82. The number of rotatable bonds is 3. The molecule has 0 spiro atoms. The van der Waals surface area contributed by atoms with Gasteiger partial charge in [0.1, 0.15) is 5.75 Å². The SMILES string of the molecule is CCc1cc(OC)c(C(C)C)cc1Cl. The molecule has 1 rings (SSSR count). The van der Waals surface area contributed by atoms with Crippen LogP contribution in [0.15, 0.2) is 12.1 Å². The summed E-state index contributed by atoms with van der Waals surface area (Å²) in [5, 5.41) is 0.844. The first-order valence-corrected chi connectivity index (χ1v) is 5.34. The highest BCUT2D eigenvalue weighted by Crippen LogP contribution is 2.32. The van der Waals surface area contributed by atoms with Gasteiger partial charge in [-0.1, -0.05) is 32.4 Å². The van der Waals surface area contributed by atoms with Gasteiger partial charge in [0.2, 0.25) is 0 Å². The molecule has 0 amide bonds. The quantitative estimate of drug-likeness (QED) is 0.735. The molecule has 0 bridgehead atoms. The van der Waals surface area contributed by atoms with Gasteiger partial charge in [-0.25, -0.2) is 0 Å². The molecule has 0 saturated heterocycles. The average molecular weight is 213 g/mol. The highest BCUT2D eigenvalue weighted by Gasteiger charge is 2.10. The molecule has 0 aromatic heterocycles. The minimum absolute atomic E-state index is 0.438. The van der Waals surface area contributed by atoms with Gasteiger partial charge in [0.15, 0.2) is 0 Å². The first kappa shape index (κ1) is 11.4. The normalized spacial score (nSPS) is 10.7. The van der Waals surface area contributed by atoms with Crippen molar-refractivity contribution in [3.8, 4) is 5.75 Å². The molecule has 0 N–H and O–H groups in total. The summed E-state index contributed by atoms with van der Waals surface area (Å²) >= 11 is 6.15. The van der Waals surface area contributed by atoms with Gasteiger partial charge >= 0.3 is 0 Å². The van der Waals surface area contributed by atoms with Gasteiger partial charge in [0.25, 0.3) is 0 Å². The highest BCUT2D eigenvalue weighted by molar-refractivity contribution is 6.31. The van der Waals surface area contributed by atoms with E-state index in [0.717, 1.165) is 22.8 Å². The maximum Gasteiger partial charge on any atom is 0.122 e. The molecule has 1 nitrogen and oxygen atoms in total. The number of ether oxygens (including phenoxy) is 1. The molecule has 1 aromatic carbocycles. The lowest BCUT2D eigenvalue weighted by Crippen LogP contribution is -1.96. The van der Waals surface area contributed by atoms with Gasteiger partial charge < -0.3 is 4.74 Å². The summed E-state index contributed by atoms with van der Waals surface area (Å²) in [5.41, 5.74) is 2.32. The minimum atomic E-state index is 0.438. The minimum Gasteiger partial charge on any atom is -0.496 e. The average Bonchev–Trinajstić information content (AvgIpc) is 2.17. The van der Waals surface area contributed by atoms with Crippen LogP contribution in [0.5, 0.6) is 5.75 Å². The maximum absolute atomic E-state index is 6.15. The molecule has 78 valence electrons. The lowest BCUT2D eigenvalue weighted by molar-refractivity contribution is 0.407. The van der Waals surface area contributed by atoms with E-state index in [4.69, 9.17) is 16.3 Å². The van der Waals surface area contributed by atoms with E-state index in [9.17, 15) is 0 Å². The molecule has 0 unspecified atom stereocenters. The molecule has 0 aliphatic heterocycles. The third kappa shape index (κ3) is 2.21. The van der Waals surface area contributed by atoms with Crippen LogP contribution >= 0.6 is 11.6 Å². The third-order valence-electron chi connectivity index (χ3n) is 2.40. The lowest BCUT2D eigenvalue weighted by atomic mass is 9.99. The van der Waals surface area contributed by atoms with E-state index in [0.29, 0.717) is 5.92 Å². The van der Waals surface area contributed by atoms with Crippen LogP contribution in [0.3, 0.4) is 0 Å². The van der Waals surface area contributed by atoms with Crippen LogP contribution in [0.4, 0.5) is 0 Å². The molecule has 0 aliphatic carbocycles. The van der Waals surface area contributed by atoms with Gasteiger partial charge in [-0.3, -0.25) is 0 Å². The molecule has 0 atom stereocenters. The van der Waals surface area contributed by atoms with Gasteiger partial charge in [-0.05, 0) is 35.6 Å². The van der Waals surface area contributed by atoms with Crippen LogP contribution in [-0.2, 0) is 6.42 Å². The topological polar surface area (TPSA) is 9.23 Å². The van der Waals surface area contributed by atoms with Gasteiger partial charge in [0, 0.05) is 5.02 Å². The second-order valence-electron chi connectivity index (χ2n) is 3.69. The van der Waals surface area contributed by atoms with E-state index in [2.05, 4.69) is 20.8 Å². The molecule has 14 heavy (non-hydrogen) atoms. The van der Waals surface area contributed by atoms with Crippen molar-refractivity contribution >= 4 is 11.6 Å². The summed E-state index contributed by atoms with van der Waals surface area (Å²) in [5.74, 6) is 1.38. The van der Waals surface area contributed by atoms with Crippen LogP contribution in [-0.4, -0.2) is 7.11 Å². The second-order valence-corrected chi connectivity index (χ2v) is 4.10. The molecule has 0 radical (unpaired) electrons. The monoisotopic (exact) mass is 212 g/mol. The Morgan fingerprint density at radius 2 is 2.00 bits per heavy atom. The highest BCUT2D eigenvalue weighted by atomic mass is 35.5. The summed E-state index contributed by atoms with van der Waals surface area (Å²) in [4.78, 5) is 0. The number of halogens is 1. The van der Waals surface area contributed by atoms with Crippen LogP contribution in [0.1, 0.15) is 37.8 Å². The van der Waals surface area contributed by atoms with E-state index in [1.807, 2.05) is 12.1 Å². The summed E-state index contributed by atoms with van der Waals surface area (Å²) in [6.45, 7) is 6.37. The number of benzene rings is 1. The number of methoxy groups -OCH3 is 1. The summed E-state index contributed by atoms with van der Waals surface area (Å²) in [6.07, 6.45) is 0.938. The smallest absolute Gasteiger partial charge is 0.122 e. The lowest BCUT2D eigenvalue weighted by Gasteiger charge is -2.14. The van der Waals surface area contributed by atoms with Crippen LogP contribution < -0.4 is 4.74 Å². The van der Waals surface area contributed by atoms with Gasteiger partial charge in [-0.15, -0.1) is 0 Å². The van der Waals surface area contributed by atoms with E-state index >= 15 is 0 Å². The number of aryl methyl sites for hydroxylation is 1. The van der Waals surface area contributed by atoms with Crippen molar-refractivity contribution in [2.75, 3.05) is 7.11 Å². The Kier molecular flexibility index (Phi) is 3.82. The van der Waals surface area contributed by atoms with Crippen molar-refractivity contribution < 1.29 is 4.74 Å². The largest absolute Gasteiger partial charge is 0.496 e. The summed E-state index contributed by atoms with van der Waals surface area (Å²) in [6, 6.07) is 4.06. The Balaban J connectivity index is 3.24. The first-order chi connectivity index (χ1) is 6.60. The first-order valence-electron chi connectivity index (χ1n) is 4.96. The molecule has 0 aliphatic rings. The summed E-state index contributed by atoms with van der Waals surface area (Å²) < 4.78 is 5.35. The Bertz CT molecular complexity index is 318. The predicted molar refractivity (Wildman–Crippen MR) is 61.5 cm³/mol. The van der Waals surface area contributed by atoms with Crippen LogP contribution in [0.2, 0.25) is 5.02 Å². The molecular weight excluding hydrogens is 196 g/mol. The maximum atomic E-state index is 6.15. The zero-order valence-electron chi connectivity index (χ0n) is 9.23. The van der Waals surface area contributed by atoms with Crippen LogP contribution in [0, 0.1) is 0 Å². The molecule has 0 saturated carbocycles. The van der Waals surface area contributed by atoms with Crippen molar-refractivity contribution in [2.45, 2.75) is 33.1 Å². The Morgan fingerprint density at radius 3 is 2.43 bits per heavy atom. The molecule has 2 heteroatoms. The van der Waals surface area contributed by atoms with Crippen molar-refractivity contribution in [1.82, 2.24) is 0 Å². The van der Waals surface area contributed by atoms with E-state index in [-0.39, 0.29) is 0 Å². The zero-order valence-corrected chi connectivity index (χ0v) is 9.98. The Morgan fingerprint density at radius 1 is 1.36 bits per heavy atom. The van der Waals surface area contributed by atoms with Gasteiger partial charge in [-0.2, -0.15) is 0 Å². The van der Waals surface area contributed by atoms with E-state index in [1.165, 1.54) is 5.56 Å². The molecule has 0 fully saturated rings.